The standard InChI is InChI=1S/C19H20ClFN2O2/c1-14(24)23(18-7-5-17(21)6-8-18)12-10-19(25)22-11-9-15-3-2-4-16(20)13-15/h2-8,13H,9-12H2,1H3,(H,22,25). The van der Waals surface area contributed by atoms with Gasteiger partial charge in [0, 0.05) is 37.1 Å². The molecule has 0 saturated heterocycles. The van der Waals surface area contributed by atoms with Gasteiger partial charge in [0.05, 0.1) is 0 Å². The minimum Gasteiger partial charge on any atom is -0.356 e. The zero-order chi connectivity index (χ0) is 18.2. The van der Waals surface area contributed by atoms with Gasteiger partial charge in [0.1, 0.15) is 5.82 Å². The Hall–Kier alpha value is -2.40. The first-order valence-corrected chi connectivity index (χ1v) is 8.38. The Morgan fingerprint density at radius 3 is 2.52 bits per heavy atom. The van der Waals surface area contributed by atoms with Crippen LogP contribution in [0, 0.1) is 5.82 Å². The van der Waals surface area contributed by atoms with Crippen LogP contribution in [0.25, 0.3) is 0 Å². The highest BCUT2D eigenvalue weighted by atomic mass is 35.5. The third-order valence-electron chi connectivity index (χ3n) is 3.71. The van der Waals surface area contributed by atoms with Crippen molar-refractivity contribution >= 4 is 29.1 Å². The minimum absolute atomic E-state index is 0.143. The SMILES string of the molecule is CC(=O)N(CCC(=O)NCCc1cccc(Cl)c1)c1ccc(F)cc1. The van der Waals surface area contributed by atoms with Crippen LogP contribution in [0.1, 0.15) is 18.9 Å². The van der Waals surface area contributed by atoms with Gasteiger partial charge in [-0.1, -0.05) is 23.7 Å². The van der Waals surface area contributed by atoms with Crippen LogP contribution >= 0.6 is 11.6 Å². The molecule has 0 saturated carbocycles. The van der Waals surface area contributed by atoms with E-state index in [1.54, 1.807) is 6.07 Å². The van der Waals surface area contributed by atoms with Crippen LogP contribution < -0.4 is 10.2 Å². The summed E-state index contributed by atoms with van der Waals surface area (Å²) in [5.74, 6) is -0.709. The fourth-order valence-corrected chi connectivity index (χ4v) is 2.64. The van der Waals surface area contributed by atoms with E-state index in [0.717, 1.165) is 5.56 Å². The van der Waals surface area contributed by atoms with Gasteiger partial charge in [-0.3, -0.25) is 9.59 Å². The number of rotatable bonds is 7. The van der Waals surface area contributed by atoms with Crippen molar-refractivity contribution in [2.75, 3.05) is 18.0 Å². The van der Waals surface area contributed by atoms with Crippen LogP contribution in [-0.2, 0) is 16.0 Å². The Morgan fingerprint density at radius 2 is 1.88 bits per heavy atom. The highest BCUT2D eigenvalue weighted by Gasteiger charge is 2.13. The van der Waals surface area contributed by atoms with Crippen molar-refractivity contribution < 1.29 is 14.0 Å². The predicted molar refractivity (Wildman–Crippen MR) is 97.2 cm³/mol. The summed E-state index contributed by atoms with van der Waals surface area (Å²) in [6.45, 7) is 2.15. The summed E-state index contributed by atoms with van der Waals surface area (Å²) in [7, 11) is 0. The Balaban J connectivity index is 1.80. The maximum Gasteiger partial charge on any atom is 0.223 e. The number of nitrogens with one attached hydrogen (secondary N) is 1. The topological polar surface area (TPSA) is 49.4 Å². The molecule has 1 N–H and O–H groups in total. The second-order valence-electron chi connectivity index (χ2n) is 5.63. The number of carbonyl (C=O) groups is 2. The highest BCUT2D eigenvalue weighted by Crippen LogP contribution is 2.15. The maximum atomic E-state index is 13.0. The van der Waals surface area contributed by atoms with Crippen molar-refractivity contribution in [3.05, 3.63) is 64.9 Å². The van der Waals surface area contributed by atoms with E-state index >= 15 is 0 Å². The first kappa shape index (κ1) is 18.9. The fraction of sp³-hybridized carbons (Fsp3) is 0.263. The summed E-state index contributed by atoms with van der Waals surface area (Å²) in [6, 6.07) is 13.1. The van der Waals surface area contributed by atoms with Crippen molar-refractivity contribution in [2.45, 2.75) is 19.8 Å². The summed E-state index contributed by atoms with van der Waals surface area (Å²) in [6.07, 6.45) is 0.854. The molecule has 0 radical (unpaired) electrons. The monoisotopic (exact) mass is 362 g/mol. The van der Waals surface area contributed by atoms with Crippen LogP contribution in [0.4, 0.5) is 10.1 Å². The van der Waals surface area contributed by atoms with Crippen LogP contribution in [0.5, 0.6) is 0 Å². The third kappa shape index (κ3) is 6.19. The van der Waals surface area contributed by atoms with Crippen molar-refractivity contribution in [3.8, 4) is 0 Å². The van der Waals surface area contributed by atoms with Gasteiger partial charge in [-0.2, -0.15) is 0 Å². The van der Waals surface area contributed by atoms with E-state index in [1.165, 1.54) is 36.1 Å². The summed E-state index contributed by atoms with van der Waals surface area (Å²) in [5, 5.41) is 3.49. The second-order valence-corrected chi connectivity index (χ2v) is 6.06. The van der Waals surface area contributed by atoms with Crippen LogP contribution in [0.15, 0.2) is 48.5 Å². The largest absolute Gasteiger partial charge is 0.356 e. The van der Waals surface area contributed by atoms with Crippen molar-refractivity contribution in [3.63, 3.8) is 0 Å². The molecule has 0 atom stereocenters. The quantitative estimate of drug-likeness (QED) is 0.818. The molecule has 6 heteroatoms. The lowest BCUT2D eigenvalue weighted by Crippen LogP contribution is -2.34. The van der Waals surface area contributed by atoms with Gasteiger partial charge in [0.15, 0.2) is 0 Å². The van der Waals surface area contributed by atoms with Crippen molar-refractivity contribution in [1.82, 2.24) is 5.32 Å². The summed E-state index contributed by atoms with van der Waals surface area (Å²) >= 11 is 5.92. The van der Waals surface area contributed by atoms with Gasteiger partial charge < -0.3 is 10.2 Å². The number of benzene rings is 2. The molecule has 0 fully saturated rings. The first-order valence-electron chi connectivity index (χ1n) is 8.00. The molecule has 2 amide bonds. The molecule has 0 heterocycles. The van der Waals surface area contributed by atoms with Gasteiger partial charge >= 0.3 is 0 Å². The lowest BCUT2D eigenvalue weighted by Gasteiger charge is -2.21. The zero-order valence-electron chi connectivity index (χ0n) is 14.0. The molecule has 0 spiro atoms. The smallest absolute Gasteiger partial charge is 0.223 e. The van der Waals surface area contributed by atoms with Gasteiger partial charge in [-0.15, -0.1) is 0 Å². The minimum atomic E-state index is -0.369. The molecule has 2 aromatic rings. The zero-order valence-corrected chi connectivity index (χ0v) is 14.7. The molecule has 132 valence electrons. The van der Waals surface area contributed by atoms with E-state index in [-0.39, 0.29) is 30.6 Å². The number of halogens is 2. The van der Waals surface area contributed by atoms with E-state index in [4.69, 9.17) is 11.6 Å². The Kier molecular flexibility index (Phi) is 6.95. The van der Waals surface area contributed by atoms with Gasteiger partial charge in [-0.25, -0.2) is 4.39 Å². The Labute approximate surface area is 151 Å². The molecule has 2 rings (SSSR count). The molecule has 0 bridgehead atoms. The molecule has 0 aromatic heterocycles. The first-order chi connectivity index (χ1) is 12.0. The average molecular weight is 363 g/mol. The number of nitrogens with zero attached hydrogens (tertiary/aromatic N) is 1. The van der Waals surface area contributed by atoms with E-state index in [0.29, 0.717) is 23.7 Å². The summed E-state index contributed by atoms with van der Waals surface area (Å²) in [4.78, 5) is 25.2. The van der Waals surface area contributed by atoms with Crippen LogP contribution in [0.2, 0.25) is 5.02 Å². The molecule has 0 unspecified atom stereocenters. The highest BCUT2D eigenvalue weighted by molar-refractivity contribution is 6.30. The molecule has 0 aliphatic heterocycles. The summed E-state index contributed by atoms with van der Waals surface area (Å²) < 4.78 is 13.0. The number of hydrogen-bond donors (Lipinski definition) is 1. The third-order valence-corrected chi connectivity index (χ3v) is 3.94. The molecule has 0 aliphatic carbocycles. The normalized spacial score (nSPS) is 10.4. The molecule has 4 nitrogen and oxygen atoms in total. The number of anilines is 1. The lowest BCUT2D eigenvalue weighted by atomic mass is 10.1. The van der Waals surface area contributed by atoms with Crippen LogP contribution in [-0.4, -0.2) is 24.9 Å². The fourth-order valence-electron chi connectivity index (χ4n) is 2.43. The number of carbonyl (C=O) groups excluding carboxylic acids is 2. The van der Waals surface area contributed by atoms with Gasteiger partial charge in [0.2, 0.25) is 11.8 Å². The lowest BCUT2D eigenvalue weighted by molar-refractivity contribution is -0.121. The molecular formula is C19H20ClFN2O2. The van der Waals surface area contributed by atoms with Crippen LogP contribution in [0.3, 0.4) is 0 Å². The molecule has 2 aromatic carbocycles. The Morgan fingerprint density at radius 1 is 1.16 bits per heavy atom. The van der Waals surface area contributed by atoms with Crippen molar-refractivity contribution in [1.29, 1.82) is 0 Å². The molecule has 25 heavy (non-hydrogen) atoms. The maximum absolute atomic E-state index is 13.0. The van der Waals surface area contributed by atoms with Crippen molar-refractivity contribution in [2.24, 2.45) is 0 Å². The molecular weight excluding hydrogens is 343 g/mol. The van der Waals surface area contributed by atoms with E-state index < -0.39 is 0 Å². The number of hydrogen-bond acceptors (Lipinski definition) is 2. The van der Waals surface area contributed by atoms with E-state index in [2.05, 4.69) is 5.32 Å². The van der Waals surface area contributed by atoms with E-state index in [9.17, 15) is 14.0 Å². The number of amides is 2. The predicted octanol–water partition coefficient (Wildman–Crippen LogP) is 3.58. The second kappa shape index (κ2) is 9.18. The van der Waals surface area contributed by atoms with Gasteiger partial charge in [-0.05, 0) is 48.4 Å². The average Bonchev–Trinajstić information content (AvgIpc) is 2.56. The molecule has 0 aliphatic rings. The van der Waals surface area contributed by atoms with Gasteiger partial charge in [0.25, 0.3) is 0 Å². The van der Waals surface area contributed by atoms with E-state index in [1.807, 2.05) is 18.2 Å². The summed E-state index contributed by atoms with van der Waals surface area (Å²) in [5.41, 5.74) is 1.62. The Bertz CT molecular complexity index is 734.